The molecule has 0 radical (unpaired) electrons. The van der Waals surface area contributed by atoms with Gasteiger partial charge in [-0.15, -0.1) is 0 Å². The molecule has 3 heteroatoms. The van der Waals surface area contributed by atoms with Gasteiger partial charge in [-0.25, -0.2) is 0 Å². The lowest BCUT2D eigenvalue weighted by Crippen LogP contribution is -2.11. The maximum absolute atomic E-state index is 9.81. The zero-order valence-electron chi connectivity index (χ0n) is 7.71. The van der Waals surface area contributed by atoms with Crippen LogP contribution < -0.4 is 0 Å². The molecule has 2 rings (SSSR count). The van der Waals surface area contributed by atoms with Crippen molar-refractivity contribution in [2.75, 3.05) is 0 Å². The number of aliphatic hydroxyl groups is 1. The van der Waals surface area contributed by atoms with Crippen LogP contribution in [-0.4, -0.2) is 11.2 Å². The van der Waals surface area contributed by atoms with Crippen LogP contribution in [0.2, 0.25) is 5.02 Å². The lowest BCUT2D eigenvalue weighted by atomic mass is 9.96. The molecular weight excluding hydrogens is 263 g/mol. The third-order valence-corrected chi connectivity index (χ3v) is 3.87. The molecule has 0 spiro atoms. The van der Waals surface area contributed by atoms with E-state index in [-0.39, 0.29) is 12.0 Å². The van der Waals surface area contributed by atoms with Gasteiger partial charge in [-0.1, -0.05) is 40.0 Å². The van der Waals surface area contributed by atoms with E-state index in [1.54, 1.807) is 0 Å². The molecule has 1 N–H and O–H groups in total. The molecule has 0 bridgehead atoms. The summed E-state index contributed by atoms with van der Waals surface area (Å²) in [5.41, 5.74) is 1.07. The van der Waals surface area contributed by atoms with Gasteiger partial charge in [-0.3, -0.25) is 0 Å². The van der Waals surface area contributed by atoms with Gasteiger partial charge < -0.3 is 5.11 Å². The Bertz CT molecular complexity index is 320. The van der Waals surface area contributed by atoms with E-state index in [1.165, 1.54) is 0 Å². The Hall–Kier alpha value is -0.0500. The van der Waals surface area contributed by atoms with E-state index in [1.807, 2.05) is 18.2 Å². The van der Waals surface area contributed by atoms with Crippen molar-refractivity contribution in [2.45, 2.75) is 31.3 Å². The Morgan fingerprint density at radius 3 is 2.71 bits per heavy atom. The predicted molar refractivity (Wildman–Crippen MR) is 61.8 cm³/mol. The Morgan fingerprint density at radius 1 is 1.36 bits per heavy atom. The third kappa shape index (κ3) is 1.83. The van der Waals surface area contributed by atoms with Crippen LogP contribution >= 0.6 is 27.5 Å². The predicted octanol–water partition coefficient (Wildman–Crippen LogP) is 3.73. The molecule has 2 unspecified atom stereocenters. The zero-order valence-corrected chi connectivity index (χ0v) is 10.1. The molecule has 14 heavy (non-hydrogen) atoms. The van der Waals surface area contributed by atoms with Gasteiger partial charge in [-0.05, 0) is 30.5 Å². The van der Waals surface area contributed by atoms with E-state index in [4.69, 9.17) is 11.6 Å². The van der Waals surface area contributed by atoms with Gasteiger partial charge in [-0.2, -0.15) is 0 Å². The average molecular weight is 276 g/mol. The molecular formula is C11H12BrClO. The van der Waals surface area contributed by atoms with E-state index in [0.29, 0.717) is 0 Å². The van der Waals surface area contributed by atoms with Crippen LogP contribution in [0.15, 0.2) is 22.7 Å². The molecule has 76 valence electrons. The Labute approximate surface area is 97.2 Å². The number of benzene rings is 1. The fraction of sp³-hybridized carbons (Fsp3) is 0.455. The zero-order chi connectivity index (χ0) is 10.1. The summed E-state index contributed by atoms with van der Waals surface area (Å²) in [7, 11) is 0. The molecule has 1 aliphatic rings. The van der Waals surface area contributed by atoms with Crippen molar-refractivity contribution >= 4 is 27.5 Å². The van der Waals surface area contributed by atoms with Gasteiger partial charge in [0.2, 0.25) is 0 Å². The second-order valence-electron chi connectivity index (χ2n) is 3.74. The van der Waals surface area contributed by atoms with E-state index < -0.39 is 0 Å². The van der Waals surface area contributed by atoms with Crippen molar-refractivity contribution in [3.8, 4) is 0 Å². The SMILES string of the molecule is OC1CCCC1c1c(Cl)cccc1Br. The van der Waals surface area contributed by atoms with Gasteiger partial charge in [0.15, 0.2) is 0 Å². The molecule has 0 saturated heterocycles. The lowest BCUT2D eigenvalue weighted by Gasteiger charge is -2.17. The second kappa shape index (κ2) is 4.21. The first-order valence-electron chi connectivity index (χ1n) is 4.82. The minimum absolute atomic E-state index is 0.207. The average Bonchev–Trinajstić information content (AvgIpc) is 2.52. The first-order valence-corrected chi connectivity index (χ1v) is 5.99. The first-order chi connectivity index (χ1) is 6.70. The van der Waals surface area contributed by atoms with Crippen LogP contribution in [0, 0.1) is 0 Å². The smallest absolute Gasteiger partial charge is 0.0609 e. The van der Waals surface area contributed by atoms with Crippen LogP contribution in [0.1, 0.15) is 30.7 Å². The first kappa shape index (κ1) is 10.5. The second-order valence-corrected chi connectivity index (χ2v) is 5.00. The maximum atomic E-state index is 9.81. The van der Waals surface area contributed by atoms with Crippen LogP contribution in [0.4, 0.5) is 0 Å². The topological polar surface area (TPSA) is 20.2 Å². The van der Waals surface area contributed by atoms with Gasteiger partial charge >= 0.3 is 0 Å². The van der Waals surface area contributed by atoms with Crippen LogP contribution in [0.3, 0.4) is 0 Å². The third-order valence-electron chi connectivity index (χ3n) is 2.85. The fourth-order valence-corrected chi connectivity index (χ4v) is 3.23. The molecule has 1 aromatic rings. The highest BCUT2D eigenvalue weighted by molar-refractivity contribution is 9.10. The van der Waals surface area contributed by atoms with Crippen LogP contribution in [0.25, 0.3) is 0 Å². The van der Waals surface area contributed by atoms with E-state index in [0.717, 1.165) is 34.3 Å². The minimum Gasteiger partial charge on any atom is -0.392 e. The van der Waals surface area contributed by atoms with Crippen molar-refractivity contribution in [3.05, 3.63) is 33.3 Å². The van der Waals surface area contributed by atoms with E-state index in [9.17, 15) is 5.11 Å². The van der Waals surface area contributed by atoms with Crippen LogP contribution in [-0.2, 0) is 0 Å². The van der Waals surface area contributed by atoms with Crippen LogP contribution in [0.5, 0.6) is 0 Å². The normalized spacial score (nSPS) is 26.8. The summed E-state index contributed by atoms with van der Waals surface area (Å²) in [5.74, 6) is 0.207. The Balaban J connectivity index is 2.39. The standard InChI is InChI=1S/C11H12BrClO/c12-8-4-2-5-9(13)11(8)7-3-1-6-10(7)14/h2,4-5,7,10,14H,1,3,6H2. The fourth-order valence-electron chi connectivity index (χ4n) is 2.14. The summed E-state index contributed by atoms with van der Waals surface area (Å²) < 4.78 is 1.01. The van der Waals surface area contributed by atoms with Crippen molar-refractivity contribution in [1.82, 2.24) is 0 Å². The highest BCUT2D eigenvalue weighted by Crippen LogP contribution is 2.41. The summed E-state index contributed by atoms with van der Waals surface area (Å²) in [6, 6.07) is 5.77. The molecule has 1 fully saturated rings. The Morgan fingerprint density at radius 2 is 2.14 bits per heavy atom. The molecule has 1 nitrogen and oxygen atoms in total. The molecule has 0 aromatic heterocycles. The molecule has 1 saturated carbocycles. The van der Waals surface area contributed by atoms with Crippen molar-refractivity contribution in [1.29, 1.82) is 0 Å². The Kier molecular flexibility index (Phi) is 3.15. The number of aliphatic hydroxyl groups excluding tert-OH is 1. The number of halogens is 2. The summed E-state index contributed by atoms with van der Waals surface area (Å²) >= 11 is 9.62. The number of rotatable bonds is 1. The van der Waals surface area contributed by atoms with E-state index >= 15 is 0 Å². The largest absolute Gasteiger partial charge is 0.392 e. The summed E-state index contributed by atoms with van der Waals surface area (Å²) in [5, 5.41) is 10.6. The van der Waals surface area contributed by atoms with Gasteiger partial charge in [0, 0.05) is 15.4 Å². The quantitative estimate of drug-likeness (QED) is 0.828. The summed E-state index contributed by atoms with van der Waals surface area (Å²) in [6.45, 7) is 0. The van der Waals surface area contributed by atoms with Crippen molar-refractivity contribution < 1.29 is 5.11 Å². The molecule has 1 aliphatic carbocycles. The monoisotopic (exact) mass is 274 g/mol. The summed E-state index contributed by atoms with van der Waals surface area (Å²) in [6.07, 6.45) is 2.78. The highest BCUT2D eigenvalue weighted by atomic mass is 79.9. The van der Waals surface area contributed by atoms with Crippen molar-refractivity contribution in [3.63, 3.8) is 0 Å². The highest BCUT2D eigenvalue weighted by Gasteiger charge is 2.29. The molecule has 0 aliphatic heterocycles. The number of hydrogen-bond acceptors (Lipinski definition) is 1. The lowest BCUT2D eigenvalue weighted by molar-refractivity contribution is 0.163. The summed E-state index contributed by atoms with van der Waals surface area (Å²) in [4.78, 5) is 0. The van der Waals surface area contributed by atoms with Gasteiger partial charge in [0.1, 0.15) is 0 Å². The van der Waals surface area contributed by atoms with Gasteiger partial charge in [0.05, 0.1) is 6.10 Å². The molecule has 1 aromatic carbocycles. The number of hydrogen-bond donors (Lipinski definition) is 1. The van der Waals surface area contributed by atoms with Gasteiger partial charge in [0.25, 0.3) is 0 Å². The van der Waals surface area contributed by atoms with E-state index in [2.05, 4.69) is 15.9 Å². The molecule has 2 atom stereocenters. The maximum Gasteiger partial charge on any atom is 0.0609 e. The molecule has 0 amide bonds. The molecule has 0 heterocycles. The van der Waals surface area contributed by atoms with Crippen molar-refractivity contribution in [2.24, 2.45) is 0 Å². The minimum atomic E-state index is -0.230.